The van der Waals surface area contributed by atoms with E-state index in [-0.39, 0.29) is 5.02 Å². The molecule has 0 atom stereocenters. The van der Waals surface area contributed by atoms with Crippen LogP contribution < -0.4 is 16.4 Å². The van der Waals surface area contributed by atoms with Gasteiger partial charge in [0.15, 0.2) is 0 Å². The van der Waals surface area contributed by atoms with E-state index < -0.39 is 17.4 Å². The molecule has 6 heteroatoms. The number of hydrogen-bond acceptors (Lipinski definition) is 3. The molecule has 5 nitrogen and oxygen atoms in total. The first-order chi connectivity index (χ1) is 8.19. The SMILES string of the molecule is CC(C)(C)NC(=O)C(=O)Nc1ccc(N)cc1Cl. The van der Waals surface area contributed by atoms with Crippen molar-refractivity contribution in [1.29, 1.82) is 0 Å². The zero-order valence-electron chi connectivity index (χ0n) is 10.5. The smallest absolute Gasteiger partial charge is 0.313 e. The molecule has 0 bridgehead atoms. The lowest BCUT2D eigenvalue weighted by molar-refractivity contribution is -0.137. The molecule has 1 aromatic rings. The largest absolute Gasteiger partial charge is 0.399 e. The molecule has 0 fully saturated rings. The van der Waals surface area contributed by atoms with E-state index in [1.54, 1.807) is 32.9 Å². The number of amides is 2. The summed E-state index contributed by atoms with van der Waals surface area (Å²) in [5.74, 6) is -1.48. The molecule has 98 valence electrons. The van der Waals surface area contributed by atoms with Gasteiger partial charge < -0.3 is 16.4 Å². The first-order valence-corrected chi connectivity index (χ1v) is 5.75. The van der Waals surface area contributed by atoms with Crippen molar-refractivity contribution < 1.29 is 9.59 Å². The van der Waals surface area contributed by atoms with Crippen molar-refractivity contribution >= 4 is 34.8 Å². The Morgan fingerprint density at radius 2 is 1.83 bits per heavy atom. The van der Waals surface area contributed by atoms with Crippen LogP contribution in [0, 0.1) is 0 Å². The number of rotatable bonds is 1. The van der Waals surface area contributed by atoms with Crippen molar-refractivity contribution in [3.05, 3.63) is 23.2 Å². The standard InChI is InChI=1S/C12H16ClN3O2/c1-12(2,3)16-11(18)10(17)15-9-5-4-7(14)6-8(9)13/h4-6H,14H2,1-3H3,(H,15,17)(H,16,18). The summed E-state index contributed by atoms with van der Waals surface area (Å²) in [4.78, 5) is 23.2. The highest BCUT2D eigenvalue weighted by molar-refractivity contribution is 6.41. The number of nitrogens with one attached hydrogen (secondary N) is 2. The summed E-state index contributed by atoms with van der Waals surface area (Å²) in [5, 5.41) is 5.26. The molecule has 1 rings (SSSR count). The molecule has 18 heavy (non-hydrogen) atoms. The Morgan fingerprint density at radius 1 is 1.22 bits per heavy atom. The number of nitrogen functional groups attached to an aromatic ring is 1. The molecule has 0 aliphatic carbocycles. The van der Waals surface area contributed by atoms with E-state index in [1.807, 2.05) is 0 Å². The molecule has 0 unspecified atom stereocenters. The molecular formula is C12H16ClN3O2. The zero-order valence-corrected chi connectivity index (χ0v) is 11.3. The Kier molecular flexibility index (Phi) is 4.19. The molecular weight excluding hydrogens is 254 g/mol. The average molecular weight is 270 g/mol. The van der Waals surface area contributed by atoms with Gasteiger partial charge in [0, 0.05) is 11.2 Å². The first-order valence-electron chi connectivity index (χ1n) is 5.37. The maximum Gasteiger partial charge on any atom is 0.313 e. The van der Waals surface area contributed by atoms with Crippen LogP contribution in [0.4, 0.5) is 11.4 Å². The van der Waals surface area contributed by atoms with Crippen molar-refractivity contribution in [2.24, 2.45) is 0 Å². The van der Waals surface area contributed by atoms with Crippen LogP contribution in [0.3, 0.4) is 0 Å². The van der Waals surface area contributed by atoms with Crippen LogP contribution in [0.5, 0.6) is 0 Å². The van der Waals surface area contributed by atoms with Crippen molar-refractivity contribution in [2.45, 2.75) is 26.3 Å². The first kappa shape index (κ1) is 14.3. The van der Waals surface area contributed by atoms with Crippen molar-refractivity contribution in [3.8, 4) is 0 Å². The van der Waals surface area contributed by atoms with Gasteiger partial charge in [-0.05, 0) is 39.0 Å². The third kappa shape index (κ3) is 4.25. The molecule has 4 N–H and O–H groups in total. The van der Waals surface area contributed by atoms with E-state index >= 15 is 0 Å². The van der Waals surface area contributed by atoms with Gasteiger partial charge in [-0.2, -0.15) is 0 Å². The van der Waals surface area contributed by atoms with E-state index in [0.717, 1.165) is 0 Å². The van der Waals surface area contributed by atoms with Crippen molar-refractivity contribution in [1.82, 2.24) is 5.32 Å². The van der Waals surface area contributed by atoms with Crippen LogP contribution in [0.25, 0.3) is 0 Å². The Labute approximate surface area is 111 Å². The summed E-state index contributed by atoms with van der Waals surface area (Å²) in [6.07, 6.45) is 0. The van der Waals surface area contributed by atoms with Gasteiger partial charge in [-0.25, -0.2) is 0 Å². The number of anilines is 2. The summed E-state index contributed by atoms with van der Waals surface area (Å²) in [5.41, 5.74) is 5.88. The topological polar surface area (TPSA) is 84.2 Å². The highest BCUT2D eigenvalue weighted by Gasteiger charge is 2.20. The number of nitrogens with two attached hydrogens (primary N) is 1. The van der Waals surface area contributed by atoms with Gasteiger partial charge in [0.05, 0.1) is 10.7 Å². The monoisotopic (exact) mass is 269 g/mol. The van der Waals surface area contributed by atoms with Crippen LogP contribution in [0.1, 0.15) is 20.8 Å². The minimum Gasteiger partial charge on any atom is -0.399 e. The zero-order chi connectivity index (χ0) is 13.9. The van der Waals surface area contributed by atoms with E-state index in [9.17, 15) is 9.59 Å². The van der Waals surface area contributed by atoms with Crippen LogP contribution >= 0.6 is 11.6 Å². The fourth-order valence-corrected chi connectivity index (χ4v) is 1.45. The van der Waals surface area contributed by atoms with E-state index in [4.69, 9.17) is 17.3 Å². The third-order valence-corrected chi connectivity index (χ3v) is 2.25. The molecule has 0 spiro atoms. The fourth-order valence-electron chi connectivity index (χ4n) is 1.21. The van der Waals surface area contributed by atoms with Gasteiger partial charge in [0.2, 0.25) is 0 Å². The number of carbonyl (C=O) groups is 2. The Hall–Kier alpha value is -1.75. The highest BCUT2D eigenvalue weighted by Crippen LogP contribution is 2.23. The summed E-state index contributed by atoms with van der Waals surface area (Å²) in [6, 6.07) is 4.63. The minimum atomic E-state index is -0.767. The molecule has 2 amide bonds. The van der Waals surface area contributed by atoms with Gasteiger partial charge in [-0.15, -0.1) is 0 Å². The fraction of sp³-hybridized carbons (Fsp3) is 0.333. The Morgan fingerprint density at radius 3 is 2.33 bits per heavy atom. The minimum absolute atomic E-state index is 0.284. The molecule has 0 saturated carbocycles. The second-order valence-corrected chi connectivity index (χ2v) is 5.30. The van der Waals surface area contributed by atoms with Crippen molar-refractivity contribution in [3.63, 3.8) is 0 Å². The molecule has 0 aliphatic rings. The Bertz CT molecular complexity index is 481. The summed E-state index contributed by atoms with van der Waals surface area (Å²) in [7, 11) is 0. The summed E-state index contributed by atoms with van der Waals surface area (Å²) in [6.45, 7) is 5.36. The van der Waals surface area contributed by atoms with Crippen LogP contribution in [-0.2, 0) is 9.59 Å². The molecule has 0 saturated heterocycles. The predicted molar refractivity (Wildman–Crippen MR) is 72.4 cm³/mol. The number of halogens is 1. The maximum atomic E-state index is 11.6. The van der Waals surface area contributed by atoms with Crippen LogP contribution in [-0.4, -0.2) is 17.4 Å². The van der Waals surface area contributed by atoms with E-state index in [2.05, 4.69) is 10.6 Å². The van der Waals surface area contributed by atoms with Gasteiger partial charge in [0.25, 0.3) is 0 Å². The molecule has 0 radical (unpaired) electrons. The van der Waals surface area contributed by atoms with Gasteiger partial charge in [-0.1, -0.05) is 11.6 Å². The number of hydrogen-bond donors (Lipinski definition) is 3. The van der Waals surface area contributed by atoms with Gasteiger partial charge >= 0.3 is 11.8 Å². The summed E-state index contributed by atoms with van der Waals surface area (Å²) >= 11 is 5.88. The second-order valence-electron chi connectivity index (χ2n) is 4.90. The van der Waals surface area contributed by atoms with Gasteiger partial charge in [0.1, 0.15) is 0 Å². The lowest BCUT2D eigenvalue weighted by Gasteiger charge is -2.20. The van der Waals surface area contributed by atoms with Crippen LogP contribution in [0.2, 0.25) is 5.02 Å². The maximum absolute atomic E-state index is 11.6. The predicted octanol–water partition coefficient (Wildman–Crippen LogP) is 1.78. The molecule has 1 aromatic carbocycles. The number of carbonyl (C=O) groups excluding carboxylic acids is 2. The quantitative estimate of drug-likeness (QED) is 0.537. The lowest BCUT2D eigenvalue weighted by Crippen LogP contribution is -2.46. The average Bonchev–Trinajstić information content (AvgIpc) is 2.19. The second kappa shape index (κ2) is 5.27. The lowest BCUT2D eigenvalue weighted by atomic mass is 10.1. The summed E-state index contributed by atoms with van der Waals surface area (Å²) < 4.78 is 0. The van der Waals surface area contributed by atoms with E-state index in [1.165, 1.54) is 6.07 Å². The normalized spacial score (nSPS) is 10.9. The van der Waals surface area contributed by atoms with Crippen LogP contribution in [0.15, 0.2) is 18.2 Å². The van der Waals surface area contributed by atoms with Crippen molar-refractivity contribution in [2.75, 3.05) is 11.1 Å². The molecule has 0 aliphatic heterocycles. The highest BCUT2D eigenvalue weighted by atomic mass is 35.5. The third-order valence-electron chi connectivity index (χ3n) is 1.94. The Balaban J connectivity index is 2.73. The molecule has 0 heterocycles. The van der Waals surface area contributed by atoms with E-state index in [0.29, 0.717) is 11.4 Å². The number of benzene rings is 1. The molecule has 0 aromatic heterocycles. The van der Waals surface area contributed by atoms with Gasteiger partial charge in [-0.3, -0.25) is 9.59 Å².